The van der Waals surface area contributed by atoms with Crippen molar-refractivity contribution in [3.63, 3.8) is 0 Å². The lowest BCUT2D eigenvalue weighted by atomic mass is 10.2. The van der Waals surface area contributed by atoms with Gasteiger partial charge in [-0.25, -0.2) is 23.7 Å². The molecule has 3 rings (SSSR count). The molecule has 2 N–H and O–H groups in total. The molecule has 0 saturated heterocycles. The van der Waals surface area contributed by atoms with Gasteiger partial charge < -0.3 is 10.3 Å². The van der Waals surface area contributed by atoms with Crippen LogP contribution in [-0.2, 0) is 6.54 Å². The van der Waals surface area contributed by atoms with Crippen molar-refractivity contribution < 1.29 is 8.78 Å². The van der Waals surface area contributed by atoms with Crippen molar-refractivity contribution in [1.29, 1.82) is 0 Å². The number of nitrogen functional groups attached to an aromatic ring is 1. The normalized spacial score (nSPS) is 11.2. The van der Waals surface area contributed by atoms with Crippen molar-refractivity contribution in [2.45, 2.75) is 6.54 Å². The summed E-state index contributed by atoms with van der Waals surface area (Å²) in [4.78, 5) is 11.9. The molecule has 0 amide bonds. The maximum atomic E-state index is 14.0. The van der Waals surface area contributed by atoms with E-state index in [1.165, 1.54) is 29.4 Å². The summed E-state index contributed by atoms with van der Waals surface area (Å²) in [6.07, 6.45) is 2.71. The molecule has 20 heavy (non-hydrogen) atoms. The summed E-state index contributed by atoms with van der Waals surface area (Å²) in [5, 5.41) is 0. The van der Waals surface area contributed by atoms with Gasteiger partial charge in [-0.2, -0.15) is 0 Å². The summed E-state index contributed by atoms with van der Waals surface area (Å²) in [7, 11) is 0. The van der Waals surface area contributed by atoms with Gasteiger partial charge in [-0.3, -0.25) is 0 Å². The number of rotatable bonds is 2. The molecule has 0 saturated carbocycles. The summed E-state index contributed by atoms with van der Waals surface area (Å²) >= 11 is 3.03. The van der Waals surface area contributed by atoms with Crippen molar-refractivity contribution in [2.24, 2.45) is 0 Å². The van der Waals surface area contributed by atoms with Gasteiger partial charge in [-0.1, -0.05) is 0 Å². The van der Waals surface area contributed by atoms with Gasteiger partial charge in [0.25, 0.3) is 0 Å². The third-order valence-corrected chi connectivity index (χ3v) is 3.51. The Labute approximate surface area is 120 Å². The lowest BCUT2D eigenvalue weighted by Crippen LogP contribution is -2.05. The molecule has 0 bridgehead atoms. The molecule has 2 aromatic heterocycles. The van der Waals surface area contributed by atoms with Crippen molar-refractivity contribution in [1.82, 2.24) is 19.5 Å². The van der Waals surface area contributed by atoms with E-state index < -0.39 is 11.6 Å². The Hall–Kier alpha value is -2.09. The minimum absolute atomic E-state index is 0.0376. The van der Waals surface area contributed by atoms with Crippen LogP contribution in [0.1, 0.15) is 5.56 Å². The van der Waals surface area contributed by atoms with Gasteiger partial charge in [0.1, 0.15) is 23.5 Å². The minimum Gasteiger partial charge on any atom is -0.382 e. The Kier molecular flexibility index (Phi) is 3.09. The lowest BCUT2D eigenvalue weighted by Gasteiger charge is -2.08. The first-order valence-electron chi connectivity index (χ1n) is 5.61. The van der Waals surface area contributed by atoms with Crippen molar-refractivity contribution in [3.8, 4) is 0 Å². The number of halogens is 3. The average molecular weight is 340 g/mol. The van der Waals surface area contributed by atoms with Gasteiger partial charge in [0.2, 0.25) is 0 Å². The highest BCUT2D eigenvalue weighted by atomic mass is 79.9. The van der Waals surface area contributed by atoms with E-state index in [-0.39, 0.29) is 22.4 Å². The number of imidazole rings is 1. The first kappa shape index (κ1) is 12.9. The molecule has 0 aliphatic rings. The van der Waals surface area contributed by atoms with Crippen LogP contribution in [0, 0.1) is 11.6 Å². The van der Waals surface area contributed by atoms with E-state index >= 15 is 0 Å². The third kappa shape index (κ3) is 2.01. The fourth-order valence-electron chi connectivity index (χ4n) is 1.90. The van der Waals surface area contributed by atoms with Crippen LogP contribution in [0.2, 0.25) is 0 Å². The van der Waals surface area contributed by atoms with E-state index in [4.69, 9.17) is 5.73 Å². The molecule has 8 heteroatoms. The summed E-state index contributed by atoms with van der Waals surface area (Å²) in [6.45, 7) is -0.0376. The second-order valence-electron chi connectivity index (χ2n) is 4.13. The first-order valence-corrected chi connectivity index (χ1v) is 6.41. The summed E-state index contributed by atoms with van der Waals surface area (Å²) < 4.78 is 29.4. The quantitative estimate of drug-likeness (QED) is 0.728. The molecule has 2 heterocycles. The second kappa shape index (κ2) is 4.78. The molecule has 0 radical (unpaired) electrons. The van der Waals surface area contributed by atoms with Gasteiger partial charge in [0.05, 0.1) is 17.3 Å². The molecular weight excluding hydrogens is 332 g/mol. The number of hydrogen-bond donors (Lipinski definition) is 1. The smallest absolute Gasteiger partial charge is 0.165 e. The first-order chi connectivity index (χ1) is 9.58. The Balaban J connectivity index is 2.11. The maximum absolute atomic E-state index is 14.0. The van der Waals surface area contributed by atoms with Crippen LogP contribution in [0.25, 0.3) is 11.2 Å². The highest BCUT2D eigenvalue weighted by Gasteiger charge is 2.15. The number of aromatic nitrogens is 4. The number of nitrogens with zero attached hydrogens (tertiary/aromatic N) is 4. The van der Waals surface area contributed by atoms with Gasteiger partial charge in [0, 0.05) is 5.56 Å². The Bertz CT molecular complexity index is 802. The molecule has 0 unspecified atom stereocenters. The SMILES string of the molecule is Nc1ncnc2c1ncn2Cc1c(F)ccc(Br)c1F. The monoisotopic (exact) mass is 339 g/mol. The molecular formula is C12H8BrF2N5. The van der Waals surface area contributed by atoms with E-state index in [2.05, 4.69) is 30.9 Å². The Morgan fingerprint density at radius 3 is 2.80 bits per heavy atom. The van der Waals surface area contributed by atoms with Gasteiger partial charge >= 0.3 is 0 Å². The molecule has 5 nitrogen and oxygen atoms in total. The van der Waals surface area contributed by atoms with Gasteiger partial charge in [-0.15, -0.1) is 0 Å². The van der Waals surface area contributed by atoms with E-state index in [9.17, 15) is 8.78 Å². The summed E-state index contributed by atoms with van der Waals surface area (Å²) in [5.41, 5.74) is 6.42. The number of hydrogen-bond acceptors (Lipinski definition) is 4. The molecule has 0 atom stereocenters. The molecule has 102 valence electrons. The van der Waals surface area contributed by atoms with Crippen LogP contribution in [0.15, 0.2) is 29.3 Å². The lowest BCUT2D eigenvalue weighted by molar-refractivity contribution is 0.542. The Morgan fingerprint density at radius 2 is 2.00 bits per heavy atom. The zero-order valence-corrected chi connectivity index (χ0v) is 11.6. The molecule has 0 fully saturated rings. The highest BCUT2D eigenvalue weighted by Crippen LogP contribution is 2.23. The predicted octanol–water partition coefficient (Wildman–Crippen LogP) is 2.50. The Morgan fingerprint density at radius 1 is 1.20 bits per heavy atom. The molecule has 3 aromatic rings. The zero-order chi connectivity index (χ0) is 14.3. The number of anilines is 1. The minimum atomic E-state index is -0.645. The van der Waals surface area contributed by atoms with Crippen LogP contribution in [0.3, 0.4) is 0 Å². The second-order valence-corrected chi connectivity index (χ2v) is 4.98. The summed E-state index contributed by atoms with van der Waals surface area (Å²) in [5.74, 6) is -1.05. The zero-order valence-electron chi connectivity index (χ0n) is 10.0. The van der Waals surface area contributed by atoms with Crippen LogP contribution >= 0.6 is 15.9 Å². The van der Waals surface area contributed by atoms with Crippen molar-refractivity contribution in [3.05, 3.63) is 46.5 Å². The predicted molar refractivity (Wildman–Crippen MR) is 72.9 cm³/mol. The van der Waals surface area contributed by atoms with Crippen LogP contribution in [0.4, 0.5) is 14.6 Å². The van der Waals surface area contributed by atoms with E-state index in [1.807, 2.05) is 0 Å². The number of benzene rings is 1. The molecule has 0 aliphatic carbocycles. The van der Waals surface area contributed by atoms with Crippen LogP contribution < -0.4 is 5.73 Å². The number of nitrogens with two attached hydrogens (primary N) is 1. The van der Waals surface area contributed by atoms with Gasteiger partial charge in [-0.05, 0) is 28.1 Å². The van der Waals surface area contributed by atoms with Crippen molar-refractivity contribution in [2.75, 3.05) is 5.73 Å². The van der Waals surface area contributed by atoms with Crippen LogP contribution in [0.5, 0.6) is 0 Å². The fraction of sp³-hybridized carbons (Fsp3) is 0.0833. The highest BCUT2D eigenvalue weighted by molar-refractivity contribution is 9.10. The molecule has 0 aliphatic heterocycles. The van der Waals surface area contributed by atoms with E-state index in [0.717, 1.165) is 0 Å². The molecule has 0 spiro atoms. The fourth-order valence-corrected chi connectivity index (χ4v) is 2.27. The van der Waals surface area contributed by atoms with E-state index in [1.54, 1.807) is 0 Å². The number of fused-ring (bicyclic) bond motifs is 1. The largest absolute Gasteiger partial charge is 0.382 e. The van der Waals surface area contributed by atoms with Gasteiger partial charge in [0.15, 0.2) is 11.5 Å². The van der Waals surface area contributed by atoms with Crippen molar-refractivity contribution >= 4 is 32.9 Å². The average Bonchev–Trinajstić information content (AvgIpc) is 2.84. The maximum Gasteiger partial charge on any atom is 0.165 e. The third-order valence-electron chi connectivity index (χ3n) is 2.90. The molecule has 1 aromatic carbocycles. The topological polar surface area (TPSA) is 69.6 Å². The van der Waals surface area contributed by atoms with E-state index in [0.29, 0.717) is 11.2 Å². The summed E-state index contributed by atoms with van der Waals surface area (Å²) in [6, 6.07) is 2.52. The standard InChI is InChI=1S/C12H8BrF2N5/c13-7-1-2-8(14)6(9(7)15)3-20-5-19-10-11(16)17-4-18-12(10)20/h1-2,4-5H,3H2,(H2,16,17,18). The van der Waals surface area contributed by atoms with Crippen LogP contribution in [-0.4, -0.2) is 19.5 Å².